The lowest BCUT2D eigenvalue weighted by atomic mass is 10.2. The van der Waals surface area contributed by atoms with E-state index in [9.17, 15) is 4.79 Å². The van der Waals surface area contributed by atoms with Gasteiger partial charge in [-0.1, -0.05) is 23.4 Å². The van der Waals surface area contributed by atoms with Gasteiger partial charge in [0.1, 0.15) is 6.54 Å². The molecular weight excluding hydrogens is 256 g/mol. The molecule has 0 spiro atoms. The second kappa shape index (κ2) is 5.16. The summed E-state index contributed by atoms with van der Waals surface area (Å²) in [6.45, 7) is 2.25. The molecule has 0 fully saturated rings. The van der Waals surface area contributed by atoms with Crippen molar-refractivity contribution < 1.29 is 9.32 Å². The summed E-state index contributed by atoms with van der Waals surface area (Å²) in [5.41, 5.74) is 1.04. The summed E-state index contributed by atoms with van der Waals surface area (Å²) >= 11 is 0. The van der Waals surface area contributed by atoms with Gasteiger partial charge in [0.2, 0.25) is 11.8 Å². The second-order valence-electron chi connectivity index (χ2n) is 4.51. The van der Waals surface area contributed by atoms with Crippen LogP contribution >= 0.6 is 0 Å². The summed E-state index contributed by atoms with van der Waals surface area (Å²) in [6.07, 6.45) is 1.90. The van der Waals surface area contributed by atoms with Crippen LogP contribution in [0.5, 0.6) is 0 Å². The molecule has 0 bridgehead atoms. The number of hydrogen-bond acceptors (Lipinski definition) is 4. The van der Waals surface area contributed by atoms with Gasteiger partial charge >= 0.3 is 0 Å². The van der Waals surface area contributed by atoms with Gasteiger partial charge in [-0.3, -0.25) is 4.79 Å². The zero-order valence-corrected chi connectivity index (χ0v) is 11.0. The number of carbonyl (C=O) groups is 1. The Balaban J connectivity index is 1.64. The van der Waals surface area contributed by atoms with Crippen LogP contribution in [0.1, 0.15) is 11.7 Å². The largest absolute Gasteiger partial charge is 0.345 e. The number of hydrogen-bond donors (Lipinski definition) is 1. The fourth-order valence-corrected chi connectivity index (χ4v) is 2.08. The van der Waals surface area contributed by atoms with E-state index in [1.54, 1.807) is 6.92 Å². The van der Waals surface area contributed by atoms with E-state index in [0.29, 0.717) is 11.7 Å². The van der Waals surface area contributed by atoms with Gasteiger partial charge in [0.05, 0.1) is 6.54 Å². The lowest BCUT2D eigenvalue weighted by molar-refractivity contribution is -0.121. The number of para-hydroxylation sites is 1. The molecule has 0 aliphatic carbocycles. The molecule has 6 heteroatoms. The lowest BCUT2D eigenvalue weighted by Crippen LogP contribution is -2.26. The third-order valence-electron chi connectivity index (χ3n) is 3.00. The number of fused-ring (bicyclic) bond motifs is 1. The van der Waals surface area contributed by atoms with Crippen molar-refractivity contribution in [2.24, 2.45) is 0 Å². The molecule has 0 aliphatic rings. The molecular formula is C14H14N4O2. The van der Waals surface area contributed by atoms with Crippen molar-refractivity contribution in [3.05, 3.63) is 48.2 Å². The highest BCUT2D eigenvalue weighted by molar-refractivity contribution is 5.83. The molecule has 0 saturated carbocycles. The molecule has 0 saturated heterocycles. The van der Waals surface area contributed by atoms with Crippen molar-refractivity contribution in [1.82, 2.24) is 20.0 Å². The average Bonchev–Trinajstić information content (AvgIpc) is 3.04. The van der Waals surface area contributed by atoms with E-state index in [0.717, 1.165) is 10.9 Å². The van der Waals surface area contributed by atoms with Gasteiger partial charge in [0.15, 0.2) is 5.82 Å². The molecule has 2 heterocycles. The number of carbonyl (C=O) groups excluding carboxylic acids is 1. The molecule has 3 aromatic rings. The molecule has 6 nitrogen and oxygen atoms in total. The van der Waals surface area contributed by atoms with Gasteiger partial charge < -0.3 is 14.4 Å². The van der Waals surface area contributed by atoms with Crippen LogP contribution < -0.4 is 5.32 Å². The minimum atomic E-state index is -0.0952. The fourth-order valence-electron chi connectivity index (χ4n) is 2.08. The first-order valence-corrected chi connectivity index (χ1v) is 6.32. The topological polar surface area (TPSA) is 73.0 Å². The Morgan fingerprint density at radius 3 is 3.00 bits per heavy atom. The highest BCUT2D eigenvalue weighted by Crippen LogP contribution is 2.14. The Kier molecular flexibility index (Phi) is 3.20. The van der Waals surface area contributed by atoms with E-state index in [-0.39, 0.29) is 19.0 Å². The molecule has 1 aromatic carbocycles. The van der Waals surface area contributed by atoms with E-state index in [2.05, 4.69) is 15.5 Å². The standard InChI is InChI=1S/C14H14N4O2/c1-10-16-14(20-17-10)8-15-13(19)9-18-7-6-11-4-2-3-5-12(11)18/h2-7H,8-9H2,1H3,(H,15,19). The Morgan fingerprint density at radius 1 is 1.35 bits per heavy atom. The third kappa shape index (κ3) is 2.54. The van der Waals surface area contributed by atoms with Crippen LogP contribution in [0.4, 0.5) is 0 Å². The summed E-state index contributed by atoms with van der Waals surface area (Å²) in [7, 11) is 0. The number of aromatic nitrogens is 3. The number of nitrogens with zero attached hydrogens (tertiary/aromatic N) is 3. The van der Waals surface area contributed by atoms with Crippen molar-refractivity contribution >= 4 is 16.8 Å². The molecule has 2 aromatic heterocycles. The Morgan fingerprint density at radius 2 is 2.20 bits per heavy atom. The highest BCUT2D eigenvalue weighted by atomic mass is 16.5. The molecule has 0 aliphatic heterocycles. The van der Waals surface area contributed by atoms with Crippen LogP contribution in [0.3, 0.4) is 0 Å². The minimum absolute atomic E-state index is 0.0952. The SMILES string of the molecule is Cc1noc(CNC(=O)Cn2ccc3ccccc32)n1. The minimum Gasteiger partial charge on any atom is -0.345 e. The number of nitrogens with one attached hydrogen (secondary N) is 1. The second-order valence-corrected chi connectivity index (χ2v) is 4.51. The first-order chi connectivity index (χ1) is 9.72. The monoisotopic (exact) mass is 270 g/mol. The van der Waals surface area contributed by atoms with Gasteiger partial charge in [-0.05, 0) is 24.4 Å². The number of rotatable bonds is 4. The van der Waals surface area contributed by atoms with Crippen LogP contribution in [0, 0.1) is 6.92 Å². The number of aryl methyl sites for hydroxylation is 1. The normalized spacial score (nSPS) is 10.8. The Labute approximate surface area is 115 Å². The zero-order valence-electron chi connectivity index (χ0n) is 11.0. The Bertz CT molecular complexity index is 744. The molecule has 3 rings (SSSR count). The predicted molar refractivity (Wildman–Crippen MR) is 72.8 cm³/mol. The molecule has 1 amide bonds. The smallest absolute Gasteiger partial charge is 0.246 e. The van der Waals surface area contributed by atoms with Crippen molar-refractivity contribution in [1.29, 1.82) is 0 Å². The van der Waals surface area contributed by atoms with E-state index < -0.39 is 0 Å². The fraction of sp³-hybridized carbons (Fsp3) is 0.214. The van der Waals surface area contributed by atoms with Crippen LogP contribution in [0.2, 0.25) is 0 Å². The molecule has 0 unspecified atom stereocenters. The van der Waals surface area contributed by atoms with Crippen molar-refractivity contribution in [3.8, 4) is 0 Å². The first-order valence-electron chi connectivity index (χ1n) is 6.32. The summed E-state index contributed by atoms with van der Waals surface area (Å²) < 4.78 is 6.84. The van der Waals surface area contributed by atoms with Crippen LogP contribution in [0.15, 0.2) is 41.1 Å². The maximum Gasteiger partial charge on any atom is 0.246 e. The summed E-state index contributed by atoms with van der Waals surface area (Å²) in [4.78, 5) is 15.9. The quantitative estimate of drug-likeness (QED) is 0.782. The van der Waals surface area contributed by atoms with Crippen LogP contribution in [-0.2, 0) is 17.9 Å². The highest BCUT2D eigenvalue weighted by Gasteiger charge is 2.08. The molecule has 102 valence electrons. The van der Waals surface area contributed by atoms with E-state index in [1.165, 1.54) is 0 Å². The van der Waals surface area contributed by atoms with Crippen molar-refractivity contribution in [2.45, 2.75) is 20.0 Å². The maximum absolute atomic E-state index is 11.9. The molecule has 0 atom stereocenters. The van der Waals surface area contributed by atoms with Gasteiger partial charge in [0.25, 0.3) is 0 Å². The molecule has 1 N–H and O–H groups in total. The van der Waals surface area contributed by atoms with E-state index in [1.807, 2.05) is 41.1 Å². The number of benzene rings is 1. The summed E-state index contributed by atoms with van der Waals surface area (Å²) in [6, 6.07) is 9.93. The zero-order chi connectivity index (χ0) is 13.9. The van der Waals surface area contributed by atoms with Crippen molar-refractivity contribution in [2.75, 3.05) is 0 Å². The first kappa shape index (κ1) is 12.4. The van der Waals surface area contributed by atoms with E-state index >= 15 is 0 Å². The van der Waals surface area contributed by atoms with Gasteiger partial charge in [-0.2, -0.15) is 4.98 Å². The third-order valence-corrected chi connectivity index (χ3v) is 3.00. The molecule has 0 radical (unpaired) electrons. The van der Waals surface area contributed by atoms with Crippen LogP contribution in [-0.4, -0.2) is 20.6 Å². The Hall–Kier alpha value is -2.63. The summed E-state index contributed by atoms with van der Waals surface area (Å²) in [5.74, 6) is 0.876. The van der Waals surface area contributed by atoms with Crippen molar-refractivity contribution in [3.63, 3.8) is 0 Å². The average molecular weight is 270 g/mol. The maximum atomic E-state index is 11.9. The van der Waals surface area contributed by atoms with Gasteiger partial charge in [0, 0.05) is 11.7 Å². The van der Waals surface area contributed by atoms with Gasteiger partial charge in [-0.25, -0.2) is 0 Å². The lowest BCUT2D eigenvalue weighted by Gasteiger charge is -2.05. The molecule has 20 heavy (non-hydrogen) atoms. The number of amides is 1. The summed E-state index contributed by atoms with van der Waals surface area (Å²) in [5, 5.41) is 7.55. The van der Waals surface area contributed by atoms with Gasteiger partial charge in [-0.15, -0.1) is 0 Å². The van der Waals surface area contributed by atoms with E-state index in [4.69, 9.17) is 4.52 Å². The van der Waals surface area contributed by atoms with Crippen LogP contribution in [0.25, 0.3) is 10.9 Å². The predicted octanol–water partition coefficient (Wildman–Crippen LogP) is 1.65.